The molecule has 0 aliphatic carbocycles. The quantitative estimate of drug-likeness (QED) is 0.421. The lowest BCUT2D eigenvalue weighted by atomic mass is 9.92. The topological polar surface area (TPSA) is 124 Å². The molecular weight excluding hydrogens is 568 g/mol. The highest BCUT2D eigenvalue weighted by atomic mass is 32.1. The molecule has 4 heterocycles. The van der Waals surface area contributed by atoms with Gasteiger partial charge in [-0.2, -0.15) is 0 Å². The molecule has 0 radical (unpaired) electrons. The van der Waals surface area contributed by atoms with Crippen molar-refractivity contribution in [2.45, 2.75) is 46.0 Å². The summed E-state index contributed by atoms with van der Waals surface area (Å²) >= 11 is 1.33. The van der Waals surface area contributed by atoms with Crippen LogP contribution in [0.3, 0.4) is 0 Å². The van der Waals surface area contributed by atoms with Gasteiger partial charge in [-0.15, -0.1) is 11.3 Å². The first-order chi connectivity index (χ1) is 19.9. The van der Waals surface area contributed by atoms with Crippen LogP contribution in [0, 0.1) is 24.1 Å². The number of aliphatic imine (C=N–C) groups is 1. The minimum atomic E-state index is -1.47. The molecule has 3 unspecified atom stereocenters. The van der Waals surface area contributed by atoms with E-state index < -0.39 is 53.3 Å². The zero-order valence-electron chi connectivity index (χ0n) is 23.8. The van der Waals surface area contributed by atoms with Crippen molar-refractivity contribution in [3.63, 3.8) is 0 Å². The maximum atomic E-state index is 15.4. The van der Waals surface area contributed by atoms with Crippen molar-refractivity contribution in [2.75, 3.05) is 32.8 Å². The third-order valence-corrected chi connectivity index (χ3v) is 8.85. The van der Waals surface area contributed by atoms with Crippen LogP contribution in [0.15, 0.2) is 46.0 Å². The zero-order valence-corrected chi connectivity index (χ0v) is 24.6. The summed E-state index contributed by atoms with van der Waals surface area (Å²) in [5, 5.41) is 15.1. The van der Waals surface area contributed by atoms with Crippen LogP contribution in [-0.2, 0) is 19.1 Å². The van der Waals surface area contributed by atoms with Gasteiger partial charge >= 0.3 is 11.9 Å². The highest BCUT2D eigenvalue weighted by Gasteiger charge is 2.54. The molecule has 2 N–H and O–H groups in total. The molecule has 3 aliphatic heterocycles. The number of alkyl halides is 1. The summed E-state index contributed by atoms with van der Waals surface area (Å²) in [4.78, 5) is 50.7. The van der Waals surface area contributed by atoms with Gasteiger partial charge in [0, 0.05) is 49.5 Å². The van der Waals surface area contributed by atoms with Crippen molar-refractivity contribution in [3.8, 4) is 0 Å². The van der Waals surface area contributed by atoms with Crippen LogP contribution in [0.4, 0.5) is 8.78 Å². The van der Waals surface area contributed by atoms with E-state index in [9.17, 15) is 23.9 Å². The molecule has 2 saturated heterocycles. The van der Waals surface area contributed by atoms with E-state index in [-0.39, 0.29) is 38.4 Å². The number of aromatic nitrogens is 1. The average Bonchev–Trinajstić information content (AvgIpc) is 3.65. The second-order valence-corrected chi connectivity index (χ2v) is 12.3. The molecule has 0 bridgehead atoms. The number of benzene rings is 1. The summed E-state index contributed by atoms with van der Waals surface area (Å²) in [7, 11) is 0. The number of halogens is 2. The first kappa shape index (κ1) is 29.8. The molecule has 2 aromatic rings. The molecule has 0 saturated carbocycles. The van der Waals surface area contributed by atoms with E-state index in [1.165, 1.54) is 36.2 Å². The van der Waals surface area contributed by atoms with Gasteiger partial charge in [-0.05, 0) is 44.9 Å². The molecule has 13 heteroatoms. The third-order valence-electron chi connectivity index (χ3n) is 8.07. The third kappa shape index (κ3) is 5.42. The van der Waals surface area contributed by atoms with Crippen molar-refractivity contribution in [2.24, 2.45) is 16.3 Å². The summed E-state index contributed by atoms with van der Waals surface area (Å²) in [6, 6.07) is 3.13. The Morgan fingerprint density at radius 2 is 2.05 bits per heavy atom. The number of rotatable bonds is 9. The van der Waals surface area contributed by atoms with E-state index in [4.69, 9.17) is 9.73 Å². The monoisotopic (exact) mass is 601 g/mol. The summed E-state index contributed by atoms with van der Waals surface area (Å²) in [6.07, 6.45) is 0.150. The second kappa shape index (κ2) is 11.5. The molecule has 42 heavy (non-hydrogen) atoms. The molecule has 224 valence electrons. The number of nitrogens with one attached hydrogen (secondary N) is 1. The number of carboxylic acids is 1. The van der Waals surface area contributed by atoms with Crippen LogP contribution < -0.4 is 5.32 Å². The lowest BCUT2D eigenvalue weighted by Gasteiger charge is -2.32. The number of carbonyl (C=O) groups excluding carboxylic acids is 2. The Morgan fingerprint density at radius 3 is 2.71 bits per heavy atom. The van der Waals surface area contributed by atoms with E-state index >= 15 is 4.39 Å². The Morgan fingerprint density at radius 1 is 1.29 bits per heavy atom. The Labute approximate surface area is 246 Å². The van der Waals surface area contributed by atoms with Crippen LogP contribution >= 0.6 is 11.3 Å². The Kier molecular flexibility index (Phi) is 8.17. The van der Waals surface area contributed by atoms with Crippen LogP contribution in [0.25, 0.3) is 0 Å². The predicted octanol–water partition coefficient (Wildman–Crippen LogP) is 3.09. The number of hydrogen-bond donors (Lipinski definition) is 2. The Balaban J connectivity index is 1.54. The van der Waals surface area contributed by atoms with Crippen molar-refractivity contribution >= 4 is 35.0 Å². The van der Waals surface area contributed by atoms with Gasteiger partial charge in [0.05, 0.1) is 23.5 Å². The summed E-state index contributed by atoms with van der Waals surface area (Å²) in [5.41, 5.74) is 0.164. The van der Waals surface area contributed by atoms with Crippen LogP contribution in [-0.4, -0.2) is 88.6 Å². The highest BCUT2D eigenvalue weighted by molar-refractivity contribution is 7.11. The standard InChI is InChI=1S/C29H33F2N5O5S/c1-5-41-27(38)22-19(12-35-11-18(31)21-20(35)13-36(26(21)37)14-29(3,4)28(39)40)33-24(25-32-9-10-42-25)34-23(22)16-7-6-8-17(30)15(16)2/h6-10,18,20-21,23H,5,11-14H2,1-4H3,(H,33,34)(H,39,40)/t18?,20?,21?,23-/m0/s1. The van der Waals surface area contributed by atoms with Gasteiger partial charge in [0.15, 0.2) is 10.8 Å². The molecule has 1 aromatic heterocycles. The number of likely N-dealkylation sites (tertiary alicyclic amines) is 2. The number of amides is 1. The average molecular weight is 602 g/mol. The number of nitrogens with zero attached hydrogens (tertiary/aromatic N) is 4. The van der Waals surface area contributed by atoms with Gasteiger partial charge in [-0.25, -0.2) is 18.6 Å². The summed E-state index contributed by atoms with van der Waals surface area (Å²) in [6.45, 7) is 6.54. The van der Waals surface area contributed by atoms with E-state index in [2.05, 4.69) is 10.3 Å². The van der Waals surface area contributed by atoms with Gasteiger partial charge in [0.1, 0.15) is 18.0 Å². The SMILES string of the molecule is CCOC(=O)C1=C(CN2CC(F)C3C(=O)N(CC(C)(C)C(=O)O)CC32)NC(c2nccs2)=N[C@H]1c1cccc(F)c1C. The summed E-state index contributed by atoms with van der Waals surface area (Å²) in [5.74, 6) is -3.13. The molecule has 2 fully saturated rings. The van der Waals surface area contributed by atoms with Crippen molar-refractivity contribution in [1.29, 1.82) is 0 Å². The largest absolute Gasteiger partial charge is 0.481 e. The van der Waals surface area contributed by atoms with Gasteiger partial charge in [0.25, 0.3) is 0 Å². The number of fused-ring (bicyclic) bond motifs is 1. The van der Waals surface area contributed by atoms with Gasteiger partial charge in [0.2, 0.25) is 5.91 Å². The van der Waals surface area contributed by atoms with E-state index in [1.807, 2.05) is 0 Å². The van der Waals surface area contributed by atoms with Crippen LogP contribution in [0.2, 0.25) is 0 Å². The highest BCUT2D eigenvalue weighted by Crippen LogP contribution is 2.39. The first-order valence-corrected chi connectivity index (χ1v) is 14.6. The predicted molar refractivity (Wildman–Crippen MR) is 151 cm³/mol. The number of carbonyl (C=O) groups is 3. The van der Waals surface area contributed by atoms with Crippen LogP contribution in [0.1, 0.15) is 42.9 Å². The van der Waals surface area contributed by atoms with Crippen molar-refractivity contribution < 1.29 is 33.0 Å². The lowest BCUT2D eigenvalue weighted by Crippen LogP contribution is -2.44. The molecule has 3 aliphatic rings. The smallest absolute Gasteiger partial charge is 0.338 e. The number of aliphatic carboxylic acids is 1. The first-order valence-electron chi connectivity index (χ1n) is 13.7. The fourth-order valence-electron chi connectivity index (χ4n) is 5.85. The van der Waals surface area contributed by atoms with Gasteiger partial charge in [-0.1, -0.05) is 12.1 Å². The number of thiazole rings is 1. The number of hydrogen-bond acceptors (Lipinski definition) is 9. The maximum Gasteiger partial charge on any atom is 0.338 e. The minimum Gasteiger partial charge on any atom is -0.481 e. The molecule has 4 atom stereocenters. The molecule has 5 rings (SSSR count). The lowest BCUT2D eigenvalue weighted by molar-refractivity contribution is -0.149. The molecular formula is C29H33F2N5O5S. The van der Waals surface area contributed by atoms with E-state index in [1.54, 1.807) is 42.5 Å². The summed E-state index contributed by atoms with van der Waals surface area (Å²) < 4.78 is 35.5. The molecule has 1 amide bonds. The van der Waals surface area contributed by atoms with Gasteiger partial charge < -0.3 is 20.1 Å². The van der Waals surface area contributed by atoms with Crippen molar-refractivity contribution in [3.05, 3.63) is 63.0 Å². The van der Waals surface area contributed by atoms with Crippen LogP contribution in [0.5, 0.6) is 0 Å². The molecule has 1 aromatic carbocycles. The van der Waals surface area contributed by atoms with E-state index in [0.29, 0.717) is 27.7 Å². The number of ether oxygens (including phenoxy) is 1. The molecule has 10 nitrogen and oxygen atoms in total. The zero-order chi connectivity index (χ0) is 30.3. The normalized spacial score (nSPS) is 24.5. The number of esters is 1. The Bertz CT molecular complexity index is 1460. The van der Waals surface area contributed by atoms with Gasteiger partial charge in [-0.3, -0.25) is 19.5 Å². The fourth-order valence-corrected chi connectivity index (χ4v) is 6.44. The number of carboxylic acid groups (broad SMARTS) is 1. The maximum absolute atomic E-state index is 15.4. The molecule has 0 spiro atoms. The fraction of sp³-hybridized carbons (Fsp3) is 0.483. The Hall–Kier alpha value is -3.71. The second-order valence-electron chi connectivity index (χ2n) is 11.4. The minimum absolute atomic E-state index is 0.0497. The van der Waals surface area contributed by atoms with Crippen molar-refractivity contribution in [1.82, 2.24) is 20.1 Å². The number of amidine groups is 1. The van der Waals surface area contributed by atoms with E-state index in [0.717, 1.165) is 0 Å².